The van der Waals surface area contributed by atoms with Crippen LogP contribution < -0.4 is 0 Å². The van der Waals surface area contributed by atoms with Crippen molar-refractivity contribution in [3.8, 4) is 0 Å². The van der Waals surface area contributed by atoms with Crippen LogP contribution in [0.15, 0.2) is 11.6 Å². The summed E-state index contributed by atoms with van der Waals surface area (Å²) in [6.07, 6.45) is 2.01. The summed E-state index contributed by atoms with van der Waals surface area (Å²) in [6, 6.07) is 0. The van der Waals surface area contributed by atoms with Crippen molar-refractivity contribution < 1.29 is 19.4 Å². The van der Waals surface area contributed by atoms with Crippen LogP contribution in [0.4, 0.5) is 0 Å². The Morgan fingerprint density at radius 2 is 2.67 bits per heavy atom. The fraction of sp³-hybridized carbons (Fsp3) is 0.625. The number of ether oxygens (including phenoxy) is 2. The molecule has 4 nitrogen and oxygen atoms in total. The largest absolute Gasteiger partial charge is 0.393 e. The predicted octanol–water partition coefficient (Wildman–Crippen LogP) is -0.135. The lowest BCUT2D eigenvalue weighted by molar-refractivity contribution is -0.157. The van der Waals surface area contributed by atoms with E-state index in [9.17, 15) is 4.79 Å². The van der Waals surface area contributed by atoms with Crippen molar-refractivity contribution in [1.82, 2.24) is 0 Å². The normalized spacial score (nSPS) is 29.7. The van der Waals surface area contributed by atoms with E-state index < -0.39 is 12.4 Å². The molecule has 0 aliphatic carbocycles. The highest BCUT2D eigenvalue weighted by Crippen LogP contribution is 2.17. The molecule has 0 radical (unpaired) electrons. The van der Waals surface area contributed by atoms with Gasteiger partial charge in [-0.05, 0) is 11.6 Å². The van der Waals surface area contributed by atoms with E-state index in [4.69, 9.17) is 14.6 Å². The van der Waals surface area contributed by atoms with E-state index in [1.165, 1.54) is 7.11 Å². The molecule has 68 valence electrons. The number of carbonyl (C=O) groups is 1. The highest BCUT2D eigenvalue weighted by atomic mass is 16.7. The maximum atomic E-state index is 10.4. The Bertz CT molecular complexity index is 187. The smallest absolute Gasteiger partial charge is 0.162 e. The number of methoxy groups -OCH3 is 1. The van der Waals surface area contributed by atoms with Gasteiger partial charge in [0.1, 0.15) is 12.4 Å². The molecule has 1 rings (SSSR count). The highest BCUT2D eigenvalue weighted by molar-refractivity contribution is 5.73. The van der Waals surface area contributed by atoms with Gasteiger partial charge in [0.2, 0.25) is 0 Å². The molecular formula is C8H12O4. The lowest BCUT2D eigenvalue weighted by atomic mass is 10.1. The van der Waals surface area contributed by atoms with Crippen LogP contribution in [0, 0.1) is 0 Å². The number of aliphatic hydroxyl groups excluding tert-OH is 1. The van der Waals surface area contributed by atoms with Crippen LogP contribution in [0.5, 0.6) is 0 Å². The Morgan fingerprint density at radius 1 is 1.92 bits per heavy atom. The molecule has 0 spiro atoms. The highest BCUT2D eigenvalue weighted by Gasteiger charge is 2.21. The van der Waals surface area contributed by atoms with Gasteiger partial charge in [-0.3, -0.25) is 4.79 Å². The van der Waals surface area contributed by atoms with Crippen molar-refractivity contribution in [2.45, 2.75) is 18.8 Å². The van der Waals surface area contributed by atoms with Gasteiger partial charge in [-0.15, -0.1) is 0 Å². The van der Waals surface area contributed by atoms with E-state index in [2.05, 4.69) is 0 Å². The Morgan fingerprint density at radius 3 is 3.17 bits per heavy atom. The number of aldehydes is 1. The van der Waals surface area contributed by atoms with Gasteiger partial charge < -0.3 is 14.6 Å². The van der Waals surface area contributed by atoms with Crippen LogP contribution in [0.25, 0.3) is 0 Å². The molecule has 4 heteroatoms. The number of rotatable bonds is 3. The van der Waals surface area contributed by atoms with Crippen molar-refractivity contribution in [2.75, 3.05) is 13.7 Å². The van der Waals surface area contributed by atoms with Crippen molar-refractivity contribution in [2.24, 2.45) is 0 Å². The maximum Gasteiger partial charge on any atom is 0.162 e. The second-order valence-electron chi connectivity index (χ2n) is 2.59. The van der Waals surface area contributed by atoms with Crippen molar-refractivity contribution >= 4 is 6.29 Å². The van der Waals surface area contributed by atoms with Crippen LogP contribution in [0.1, 0.15) is 6.42 Å². The van der Waals surface area contributed by atoms with Gasteiger partial charge in [0.15, 0.2) is 6.29 Å². The average molecular weight is 172 g/mol. The predicted molar refractivity (Wildman–Crippen MR) is 41.5 cm³/mol. The molecule has 0 aromatic carbocycles. The molecule has 0 bridgehead atoms. The number of carbonyl (C=O) groups excluding carboxylic acids is 1. The molecule has 1 aliphatic heterocycles. The van der Waals surface area contributed by atoms with Gasteiger partial charge in [-0.2, -0.15) is 0 Å². The van der Waals surface area contributed by atoms with Gasteiger partial charge in [-0.25, -0.2) is 0 Å². The van der Waals surface area contributed by atoms with E-state index in [-0.39, 0.29) is 6.61 Å². The summed E-state index contributed by atoms with van der Waals surface area (Å²) in [7, 11) is 1.51. The second kappa shape index (κ2) is 4.35. The molecule has 0 unspecified atom stereocenters. The summed E-state index contributed by atoms with van der Waals surface area (Å²) < 4.78 is 10.1. The Balaban J connectivity index is 2.63. The molecular weight excluding hydrogens is 160 g/mol. The molecule has 0 aromatic heterocycles. The van der Waals surface area contributed by atoms with Gasteiger partial charge in [-0.1, -0.05) is 0 Å². The molecule has 2 atom stereocenters. The Hall–Kier alpha value is -0.710. The van der Waals surface area contributed by atoms with Crippen LogP contribution >= 0.6 is 0 Å². The monoisotopic (exact) mass is 172 g/mol. The van der Waals surface area contributed by atoms with E-state index >= 15 is 0 Å². The Kier molecular flexibility index (Phi) is 3.40. The van der Waals surface area contributed by atoms with Crippen LogP contribution in [0.3, 0.4) is 0 Å². The van der Waals surface area contributed by atoms with Crippen molar-refractivity contribution in [3.63, 3.8) is 0 Å². The molecule has 1 aliphatic rings. The van der Waals surface area contributed by atoms with Crippen LogP contribution in [-0.2, 0) is 14.3 Å². The standard InChI is InChI=1S/C8H12O4/c1-11-8-3-6(4-9)2-7(5-10)12-8/h2,4,7-8,10H,3,5H2,1H3/t7-,8-/m0/s1. The van der Waals surface area contributed by atoms with Crippen LogP contribution in [0.2, 0.25) is 0 Å². The molecule has 0 aromatic rings. The maximum absolute atomic E-state index is 10.4. The third kappa shape index (κ3) is 2.14. The first-order valence-corrected chi connectivity index (χ1v) is 3.75. The zero-order chi connectivity index (χ0) is 8.97. The van der Waals surface area contributed by atoms with E-state index in [1.54, 1.807) is 6.08 Å². The van der Waals surface area contributed by atoms with E-state index in [0.717, 1.165) is 6.29 Å². The van der Waals surface area contributed by atoms with Crippen LogP contribution in [-0.4, -0.2) is 37.5 Å². The first kappa shape index (κ1) is 9.38. The summed E-state index contributed by atoms with van der Waals surface area (Å²) in [4.78, 5) is 10.4. The minimum absolute atomic E-state index is 0.128. The minimum Gasteiger partial charge on any atom is -0.393 e. The third-order valence-corrected chi connectivity index (χ3v) is 1.72. The molecule has 1 N–H and O–H groups in total. The topological polar surface area (TPSA) is 55.8 Å². The van der Waals surface area contributed by atoms with Gasteiger partial charge >= 0.3 is 0 Å². The zero-order valence-corrected chi connectivity index (χ0v) is 6.90. The SMILES string of the molecule is CO[C@@H]1CC(C=O)=C[C@@H](CO)O1. The number of aliphatic hydroxyl groups is 1. The first-order valence-electron chi connectivity index (χ1n) is 3.75. The summed E-state index contributed by atoms with van der Waals surface area (Å²) in [5.74, 6) is 0. The Labute approximate surface area is 70.8 Å². The van der Waals surface area contributed by atoms with Crippen molar-refractivity contribution in [3.05, 3.63) is 11.6 Å². The average Bonchev–Trinajstić information content (AvgIpc) is 2.16. The molecule has 0 fully saturated rings. The van der Waals surface area contributed by atoms with Gasteiger partial charge in [0, 0.05) is 13.5 Å². The summed E-state index contributed by atoms with van der Waals surface area (Å²) >= 11 is 0. The van der Waals surface area contributed by atoms with Gasteiger partial charge in [0.05, 0.1) is 6.61 Å². The van der Waals surface area contributed by atoms with E-state index in [0.29, 0.717) is 12.0 Å². The quantitative estimate of drug-likeness (QED) is 0.602. The third-order valence-electron chi connectivity index (χ3n) is 1.72. The second-order valence-corrected chi connectivity index (χ2v) is 2.59. The van der Waals surface area contributed by atoms with Crippen molar-refractivity contribution in [1.29, 1.82) is 0 Å². The molecule has 0 saturated carbocycles. The van der Waals surface area contributed by atoms with Gasteiger partial charge in [0.25, 0.3) is 0 Å². The summed E-state index contributed by atoms with van der Waals surface area (Å²) in [5.41, 5.74) is 0.618. The molecule has 1 heterocycles. The molecule has 12 heavy (non-hydrogen) atoms. The fourth-order valence-electron chi connectivity index (χ4n) is 1.10. The minimum atomic E-state index is -0.413. The first-order chi connectivity index (χ1) is 5.80. The zero-order valence-electron chi connectivity index (χ0n) is 6.90. The molecule has 0 saturated heterocycles. The summed E-state index contributed by atoms with van der Waals surface area (Å²) in [5, 5.41) is 8.78. The number of hydrogen-bond acceptors (Lipinski definition) is 4. The van der Waals surface area contributed by atoms with E-state index in [1.807, 2.05) is 0 Å². The number of hydrogen-bond donors (Lipinski definition) is 1. The lowest BCUT2D eigenvalue weighted by Crippen LogP contribution is -2.30. The molecule has 0 amide bonds. The lowest BCUT2D eigenvalue weighted by Gasteiger charge is -2.25. The summed E-state index contributed by atoms with van der Waals surface area (Å²) in [6.45, 7) is -0.128. The fourth-order valence-corrected chi connectivity index (χ4v) is 1.10.